The Hall–Kier alpha value is -0.990. The van der Waals surface area contributed by atoms with E-state index in [2.05, 4.69) is 6.58 Å². The van der Waals surface area contributed by atoms with Gasteiger partial charge in [-0.05, 0) is 13.8 Å². The summed E-state index contributed by atoms with van der Waals surface area (Å²) in [7, 11) is 0. The molecule has 3 heteroatoms. The summed E-state index contributed by atoms with van der Waals surface area (Å²) < 4.78 is 0. The van der Waals surface area contributed by atoms with Crippen molar-refractivity contribution >= 4 is 5.91 Å². The predicted molar refractivity (Wildman–Crippen MR) is 36.8 cm³/mol. The minimum atomic E-state index is 0.000000000000000222. The molecule has 1 fully saturated rings. The van der Waals surface area contributed by atoms with Gasteiger partial charge in [-0.25, -0.2) is 0 Å². The van der Waals surface area contributed by atoms with Gasteiger partial charge in [-0.1, -0.05) is 6.58 Å². The average Bonchev–Trinajstić information content (AvgIpc) is 2.10. The zero-order valence-corrected chi connectivity index (χ0v) is 6.26. The fraction of sp³-hybridized carbons (Fsp3) is 0.571. The smallest absolute Gasteiger partial charge is 0.263 e. The molecule has 0 aliphatic carbocycles. The third kappa shape index (κ3) is 1.12. The van der Waals surface area contributed by atoms with E-state index in [0.29, 0.717) is 12.2 Å². The number of nitrogens with zero attached hydrogens (tertiary/aromatic N) is 1. The van der Waals surface area contributed by atoms with Gasteiger partial charge in [0, 0.05) is 0 Å². The highest BCUT2D eigenvalue weighted by Gasteiger charge is 2.27. The first kappa shape index (κ1) is 7.12. The molecule has 0 radical (unpaired) electrons. The van der Waals surface area contributed by atoms with Gasteiger partial charge in [0.05, 0.1) is 12.5 Å². The first-order valence-corrected chi connectivity index (χ1v) is 3.29. The van der Waals surface area contributed by atoms with Crippen molar-refractivity contribution in [2.45, 2.75) is 26.3 Å². The third-order valence-corrected chi connectivity index (χ3v) is 1.29. The topological polar surface area (TPSA) is 29.5 Å². The molecule has 0 bridgehead atoms. The molecule has 0 N–H and O–H groups in total. The van der Waals surface area contributed by atoms with Gasteiger partial charge in [0.2, 0.25) is 0 Å². The highest BCUT2D eigenvalue weighted by molar-refractivity contribution is 5.79. The normalized spacial score (nSPS) is 18.5. The molecule has 0 aromatic rings. The molecule has 0 saturated carbocycles. The monoisotopic (exact) mass is 141 g/mol. The van der Waals surface area contributed by atoms with E-state index in [9.17, 15) is 4.79 Å². The second-order valence-electron chi connectivity index (χ2n) is 2.62. The van der Waals surface area contributed by atoms with E-state index in [4.69, 9.17) is 4.84 Å². The van der Waals surface area contributed by atoms with Crippen LogP contribution in [0, 0.1) is 0 Å². The van der Waals surface area contributed by atoms with Crippen molar-refractivity contribution in [3.63, 3.8) is 0 Å². The van der Waals surface area contributed by atoms with E-state index in [1.807, 2.05) is 13.8 Å². The molecule has 1 rings (SSSR count). The van der Waals surface area contributed by atoms with Crippen molar-refractivity contribution in [3.8, 4) is 0 Å². The number of carbonyl (C=O) groups excluding carboxylic acids is 1. The Balaban J connectivity index is 2.63. The molecule has 1 amide bonds. The Morgan fingerprint density at radius 1 is 1.70 bits per heavy atom. The van der Waals surface area contributed by atoms with Crippen LogP contribution >= 0.6 is 0 Å². The second kappa shape index (κ2) is 2.33. The van der Waals surface area contributed by atoms with Crippen molar-refractivity contribution in [1.82, 2.24) is 5.06 Å². The van der Waals surface area contributed by atoms with Gasteiger partial charge in [0.25, 0.3) is 5.91 Å². The van der Waals surface area contributed by atoms with Gasteiger partial charge in [-0.3, -0.25) is 4.79 Å². The van der Waals surface area contributed by atoms with Gasteiger partial charge in [-0.15, -0.1) is 0 Å². The van der Waals surface area contributed by atoms with Gasteiger partial charge in [0.1, 0.15) is 5.76 Å². The SMILES string of the molecule is C=C1CC(=O)N(C(C)C)O1. The lowest BCUT2D eigenvalue weighted by molar-refractivity contribution is -0.162. The Kier molecular flexibility index (Phi) is 1.66. The molecule has 0 spiro atoms. The molecule has 0 atom stereocenters. The molecule has 3 nitrogen and oxygen atoms in total. The van der Waals surface area contributed by atoms with Crippen LogP contribution in [0.3, 0.4) is 0 Å². The van der Waals surface area contributed by atoms with Crippen molar-refractivity contribution < 1.29 is 9.63 Å². The minimum Gasteiger partial charge on any atom is -0.381 e. The van der Waals surface area contributed by atoms with Crippen molar-refractivity contribution in [3.05, 3.63) is 12.3 Å². The van der Waals surface area contributed by atoms with Crippen LogP contribution in [0.15, 0.2) is 12.3 Å². The third-order valence-electron chi connectivity index (χ3n) is 1.29. The molecule has 0 aromatic heterocycles. The average molecular weight is 141 g/mol. The Morgan fingerprint density at radius 3 is 2.50 bits per heavy atom. The summed E-state index contributed by atoms with van der Waals surface area (Å²) in [4.78, 5) is 16.0. The molecule has 1 saturated heterocycles. The lowest BCUT2D eigenvalue weighted by Gasteiger charge is -2.17. The maximum absolute atomic E-state index is 11.0. The summed E-state index contributed by atoms with van der Waals surface area (Å²) in [5, 5.41) is 1.35. The number of hydrogen-bond acceptors (Lipinski definition) is 2. The van der Waals surface area contributed by atoms with E-state index in [1.165, 1.54) is 5.06 Å². The highest BCUT2D eigenvalue weighted by Crippen LogP contribution is 2.18. The fourth-order valence-electron chi connectivity index (χ4n) is 0.862. The minimum absolute atomic E-state index is 0.000000000000000222. The van der Waals surface area contributed by atoms with E-state index in [-0.39, 0.29) is 11.9 Å². The Labute approximate surface area is 60.2 Å². The first-order valence-electron chi connectivity index (χ1n) is 3.29. The van der Waals surface area contributed by atoms with Crippen molar-refractivity contribution in [1.29, 1.82) is 0 Å². The summed E-state index contributed by atoms with van der Waals surface area (Å²) in [6.07, 6.45) is 0.332. The largest absolute Gasteiger partial charge is 0.381 e. The summed E-state index contributed by atoms with van der Waals surface area (Å²) in [6.45, 7) is 7.35. The van der Waals surface area contributed by atoms with Crippen LogP contribution in [0.4, 0.5) is 0 Å². The summed E-state index contributed by atoms with van der Waals surface area (Å²) in [6, 6.07) is 0.103. The lowest BCUT2D eigenvalue weighted by atomic mass is 10.3. The molecule has 1 heterocycles. The van der Waals surface area contributed by atoms with Crippen LogP contribution in [-0.4, -0.2) is 17.0 Å². The molecule has 10 heavy (non-hydrogen) atoms. The number of amides is 1. The quantitative estimate of drug-likeness (QED) is 0.546. The summed E-state index contributed by atoms with van der Waals surface area (Å²) in [5.74, 6) is 0.540. The number of hydroxylamine groups is 2. The molecule has 0 aromatic carbocycles. The standard InChI is InChI=1S/C7H11NO2/c1-5(2)8-7(9)4-6(3)10-8/h5H,3-4H2,1-2H3. The van der Waals surface area contributed by atoms with Crippen molar-refractivity contribution in [2.75, 3.05) is 0 Å². The predicted octanol–water partition coefficient (Wildman–Crippen LogP) is 1.07. The molecule has 1 aliphatic rings. The van der Waals surface area contributed by atoms with E-state index < -0.39 is 0 Å². The molecule has 56 valence electrons. The van der Waals surface area contributed by atoms with Crippen LogP contribution in [0.5, 0.6) is 0 Å². The van der Waals surface area contributed by atoms with Crippen LogP contribution < -0.4 is 0 Å². The lowest BCUT2D eigenvalue weighted by Crippen LogP contribution is -2.30. The zero-order chi connectivity index (χ0) is 7.72. The van der Waals surface area contributed by atoms with Crippen LogP contribution in [-0.2, 0) is 9.63 Å². The number of carbonyl (C=O) groups is 1. The van der Waals surface area contributed by atoms with Crippen LogP contribution in [0.2, 0.25) is 0 Å². The molecular weight excluding hydrogens is 130 g/mol. The maximum atomic E-state index is 11.0. The summed E-state index contributed by atoms with van der Waals surface area (Å²) >= 11 is 0. The van der Waals surface area contributed by atoms with E-state index >= 15 is 0 Å². The molecule has 0 unspecified atom stereocenters. The number of hydrogen-bond donors (Lipinski definition) is 0. The van der Waals surface area contributed by atoms with E-state index in [1.54, 1.807) is 0 Å². The van der Waals surface area contributed by atoms with Gasteiger partial charge >= 0.3 is 0 Å². The van der Waals surface area contributed by atoms with Gasteiger partial charge in [0.15, 0.2) is 0 Å². The van der Waals surface area contributed by atoms with Gasteiger partial charge < -0.3 is 4.84 Å². The Morgan fingerprint density at radius 2 is 2.30 bits per heavy atom. The molecule has 1 aliphatic heterocycles. The fourth-order valence-corrected chi connectivity index (χ4v) is 0.862. The van der Waals surface area contributed by atoms with E-state index in [0.717, 1.165) is 0 Å². The zero-order valence-electron chi connectivity index (χ0n) is 6.26. The number of rotatable bonds is 1. The molecular formula is C7H11NO2. The Bertz CT molecular complexity index is 174. The first-order chi connectivity index (χ1) is 4.61. The van der Waals surface area contributed by atoms with Gasteiger partial charge in [-0.2, -0.15) is 5.06 Å². The van der Waals surface area contributed by atoms with Crippen LogP contribution in [0.25, 0.3) is 0 Å². The summed E-state index contributed by atoms with van der Waals surface area (Å²) in [5.41, 5.74) is 0. The van der Waals surface area contributed by atoms with Crippen LogP contribution in [0.1, 0.15) is 20.3 Å². The maximum Gasteiger partial charge on any atom is 0.263 e. The second-order valence-corrected chi connectivity index (χ2v) is 2.62. The van der Waals surface area contributed by atoms with Crippen molar-refractivity contribution in [2.24, 2.45) is 0 Å². The highest BCUT2D eigenvalue weighted by atomic mass is 16.7.